The normalized spacial score (nSPS) is 20.5. The third-order valence-corrected chi connectivity index (χ3v) is 4.79. The molecule has 1 saturated heterocycles. The van der Waals surface area contributed by atoms with Crippen LogP contribution in [0.2, 0.25) is 0 Å². The molecule has 0 bridgehead atoms. The van der Waals surface area contributed by atoms with Gasteiger partial charge < -0.3 is 15.1 Å². The number of likely N-dealkylation sites (tertiary alicyclic amines) is 1. The van der Waals surface area contributed by atoms with E-state index in [4.69, 9.17) is 0 Å². The molecule has 1 atom stereocenters. The molecule has 2 amide bonds. The van der Waals surface area contributed by atoms with E-state index in [1.165, 1.54) is 0 Å². The van der Waals surface area contributed by atoms with Crippen molar-refractivity contribution in [1.29, 1.82) is 0 Å². The van der Waals surface area contributed by atoms with Gasteiger partial charge in [-0.25, -0.2) is 4.98 Å². The predicted molar refractivity (Wildman–Crippen MR) is 97.4 cm³/mol. The first-order valence-corrected chi connectivity index (χ1v) is 9.05. The fraction of sp³-hybridized carbons (Fsp3) is 0.632. The molecule has 0 spiro atoms. The number of hydrogen-bond acceptors (Lipinski definition) is 4. The molecule has 1 aliphatic heterocycles. The van der Waals surface area contributed by atoms with Gasteiger partial charge in [0.2, 0.25) is 5.91 Å². The molecular weight excluding hydrogens is 316 g/mol. The minimum absolute atomic E-state index is 0.00965. The summed E-state index contributed by atoms with van der Waals surface area (Å²) in [7, 11) is 1.87. The molecule has 1 aromatic rings. The number of nitrogens with zero attached hydrogens (tertiary/aromatic N) is 3. The summed E-state index contributed by atoms with van der Waals surface area (Å²) in [4.78, 5) is 32.9. The highest BCUT2D eigenvalue weighted by Gasteiger charge is 2.37. The van der Waals surface area contributed by atoms with Crippen LogP contribution in [0.3, 0.4) is 0 Å². The lowest BCUT2D eigenvalue weighted by molar-refractivity contribution is -0.133. The van der Waals surface area contributed by atoms with E-state index in [0.29, 0.717) is 18.7 Å². The second-order valence-corrected chi connectivity index (χ2v) is 8.22. The van der Waals surface area contributed by atoms with Crippen LogP contribution in [0.15, 0.2) is 18.3 Å². The first-order chi connectivity index (χ1) is 11.7. The Kier molecular flexibility index (Phi) is 4.71. The van der Waals surface area contributed by atoms with Crippen LogP contribution in [0.1, 0.15) is 50.4 Å². The monoisotopic (exact) mass is 344 g/mol. The molecule has 2 aliphatic rings. The number of amides is 2. The van der Waals surface area contributed by atoms with Crippen LogP contribution >= 0.6 is 0 Å². The van der Waals surface area contributed by atoms with Crippen LogP contribution in [0.25, 0.3) is 0 Å². The largest absolute Gasteiger partial charge is 0.365 e. The summed E-state index contributed by atoms with van der Waals surface area (Å²) in [5.41, 5.74) is 0.524. The van der Waals surface area contributed by atoms with E-state index in [0.717, 1.165) is 25.1 Å². The highest BCUT2D eigenvalue weighted by atomic mass is 16.2. The molecule has 136 valence electrons. The zero-order valence-corrected chi connectivity index (χ0v) is 15.6. The van der Waals surface area contributed by atoms with E-state index in [2.05, 4.69) is 31.1 Å². The molecule has 0 radical (unpaired) electrons. The summed E-state index contributed by atoms with van der Waals surface area (Å²) in [5.74, 6) is 1.21. The standard InChI is InChI=1S/C19H28N4O2/c1-19(2,3)21-16-8-7-14(11-20-16)18(25)23-10-9-15(12-23)22(4)17(24)13-5-6-13/h7-8,11,13,15H,5-6,9-10,12H2,1-4H3,(H,20,21)/t15-/m0/s1. The van der Waals surface area contributed by atoms with Crippen LogP contribution in [0.4, 0.5) is 5.82 Å². The summed E-state index contributed by atoms with van der Waals surface area (Å²) in [6, 6.07) is 3.79. The van der Waals surface area contributed by atoms with Gasteiger partial charge in [0.25, 0.3) is 5.91 Å². The Morgan fingerprint density at radius 1 is 1.24 bits per heavy atom. The topological polar surface area (TPSA) is 65.5 Å². The maximum absolute atomic E-state index is 12.7. The van der Waals surface area contributed by atoms with Gasteiger partial charge in [-0.05, 0) is 52.2 Å². The molecule has 1 saturated carbocycles. The Bertz CT molecular complexity index is 646. The Labute approximate surface area is 149 Å². The Hall–Kier alpha value is -2.11. The number of likely N-dealkylation sites (N-methyl/N-ethyl adjacent to an activating group) is 1. The van der Waals surface area contributed by atoms with Gasteiger partial charge in [-0.2, -0.15) is 0 Å². The fourth-order valence-corrected chi connectivity index (χ4v) is 3.20. The van der Waals surface area contributed by atoms with E-state index >= 15 is 0 Å². The van der Waals surface area contributed by atoms with Crippen molar-refractivity contribution >= 4 is 17.6 Å². The molecular formula is C19H28N4O2. The molecule has 2 heterocycles. The summed E-state index contributed by atoms with van der Waals surface area (Å²) in [6.07, 6.45) is 4.50. The van der Waals surface area contributed by atoms with Crippen molar-refractivity contribution in [2.24, 2.45) is 5.92 Å². The quantitative estimate of drug-likeness (QED) is 0.911. The van der Waals surface area contributed by atoms with Crippen molar-refractivity contribution in [3.8, 4) is 0 Å². The molecule has 1 aliphatic carbocycles. The minimum atomic E-state index is -0.0701. The van der Waals surface area contributed by atoms with Gasteiger partial charge in [0.15, 0.2) is 0 Å². The molecule has 25 heavy (non-hydrogen) atoms. The van der Waals surface area contributed by atoms with Crippen LogP contribution < -0.4 is 5.32 Å². The lowest BCUT2D eigenvalue weighted by atomic mass is 10.1. The molecule has 6 heteroatoms. The molecule has 1 N–H and O–H groups in total. The zero-order chi connectivity index (χ0) is 18.2. The van der Waals surface area contributed by atoms with Gasteiger partial charge >= 0.3 is 0 Å². The summed E-state index contributed by atoms with van der Waals surface area (Å²) in [6.45, 7) is 7.50. The minimum Gasteiger partial charge on any atom is -0.365 e. The van der Waals surface area contributed by atoms with E-state index in [1.54, 1.807) is 6.20 Å². The van der Waals surface area contributed by atoms with Crippen LogP contribution in [-0.4, -0.2) is 58.3 Å². The fourth-order valence-electron chi connectivity index (χ4n) is 3.20. The molecule has 3 rings (SSSR count). The number of pyridine rings is 1. The van der Waals surface area contributed by atoms with Crippen LogP contribution in [0.5, 0.6) is 0 Å². The van der Waals surface area contributed by atoms with Gasteiger partial charge in [0.05, 0.1) is 11.6 Å². The highest BCUT2D eigenvalue weighted by molar-refractivity contribution is 5.94. The van der Waals surface area contributed by atoms with Crippen molar-refractivity contribution in [1.82, 2.24) is 14.8 Å². The summed E-state index contributed by atoms with van der Waals surface area (Å²) >= 11 is 0. The number of hydrogen-bond donors (Lipinski definition) is 1. The first kappa shape index (κ1) is 17.7. The smallest absolute Gasteiger partial charge is 0.255 e. The zero-order valence-electron chi connectivity index (χ0n) is 15.6. The van der Waals surface area contributed by atoms with Gasteiger partial charge in [-0.1, -0.05) is 0 Å². The van der Waals surface area contributed by atoms with Crippen molar-refractivity contribution in [3.05, 3.63) is 23.9 Å². The Morgan fingerprint density at radius 2 is 1.96 bits per heavy atom. The third-order valence-electron chi connectivity index (χ3n) is 4.79. The maximum Gasteiger partial charge on any atom is 0.255 e. The van der Waals surface area contributed by atoms with Crippen LogP contribution in [-0.2, 0) is 4.79 Å². The SMILES string of the molecule is CN(C(=O)C1CC1)[C@H]1CCN(C(=O)c2ccc(NC(C)(C)C)nc2)C1. The summed E-state index contributed by atoms with van der Waals surface area (Å²) in [5, 5.41) is 3.29. The second-order valence-electron chi connectivity index (χ2n) is 8.22. The number of carbonyl (C=O) groups excluding carboxylic acids is 2. The van der Waals surface area contributed by atoms with Crippen molar-refractivity contribution in [3.63, 3.8) is 0 Å². The number of carbonyl (C=O) groups is 2. The molecule has 1 aromatic heterocycles. The number of nitrogens with one attached hydrogen (secondary N) is 1. The Morgan fingerprint density at radius 3 is 2.52 bits per heavy atom. The van der Waals surface area contributed by atoms with Gasteiger partial charge in [-0.3, -0.25) is 9.59 Å². The second kappa shape index (κ2) is 6.65. The molecule has 0 unspecified atom stereocenters. The lowest BCUT2D eigenvalue weighted by Gasteiger charge is -2.25. The van der Waals surface area contributed by atoms with Crippen LogP contribution in [0, 0.1) is 5.92 Å². The maximum atomic E-state index is 12.7. The summed E-state index contributed by atoms with van der Waals surface area (Å²) < 4.78 is 0. The van der Waals surface area contributed by atoms with E-state index in [9.17, 15) is 9.59 Å². The number of rotatable bonds is 4. The van der Waals surface area contributed by atoms with E-state index in [1.807, 2.05) is 29.0 Å². The van der Waals surface area contributed by atoms with E-state index < -0.39 is 0 Å². The predicted octanol–water partition coefficient (Wildman–Crippen LogP) is 2.37. The highest BCUT2D eigenvalue weighted by Crippen LogP contribution is 2.32. The lowest BCUT2D eigenvalue weighted by Crippen LogP contribution is -2.40. The average molecular weight is 344 g/mol. The Balaban J connectivity index is 1.59. The molecule has 6 nitrogen and oxygen atoms in total. The molecule has 0 aromatic carbocycles. The van der Waals surface area contributed by atoms with Crippen molar-refractivity contribution in [2.75, 3.05) is 25.5 Å². The van der Waals surface area contributed by atoms with E-state index in [-0.39, 0.29) is 29.3 Å². The first-order valence-electron chi connectivity index (χ1n) is 9.05. The number of aromatic nitrogens is 1. The van der Waals surface area contributed by atoms with Gasteiger partial charge in [0, 0.05) is 37.8 Å². The van der Waals surface area contributed by atoms with Crippen molar-refractivity contribution < 1.29 is 9.59 Å². The number of anilines is 1. The third kappa shape index (κ3) is 4.30. The molecule has 2 fully saturated rings. The van der Waals surface area contributed by atoms with Gasteiger partial charge in [0.1, 0.15) is 5.82 Å². The average Bonchev–Trinajstić information content (AvgIpc) is 3.29. The van der Waals surface area contributed by atoms with Crippen molar-refractivity contribution in [2.45, 2.75) is 51.6 Å². The van der Waals surface area contributed by atoms with Gasteiger partial charge in [-0.15, -0.1) is 0 Å².